The van der Waals surface area contributed by atoms with Crippen LogP contribution in [0.15, 0.2) is 42.5 Å². The van der Waals surface area contributed by atoms with E-state index < -0.39 is 6.61 Å². The molecule has 0 spiro atoms. The van der Waals surface area contributed by atoms with Crippen molar-refractivity contribution in [2.45, 2.75) is 32.6 Å². The van der Waals surface area contributed by atoms with Gasteiger partial charge in [-0.3, -0.25) is 4.79 Å². The quantitative estimate of drug-likeness (QED) is 0.507. The van der Waals surface area contributed by atoms with Crippen LogP contribution in [0.4, 0.5) is 0 Å². The average molecular weight is 322 g/mol. The Labute approximate surface area is 141 Å². The van der Waals surface area contributed by atoms with E-state index in [4.69, 9.17) is 5.11 Å². The number of hydrogen-bond donors (Lipinski definition) is 2. The van der Waals surface area contributed by atoms with E-state index in [-0.39, 0.29) is 5.78 Å². The van der Waals surface area contributed by atoms with Gasteiger partial charge in [0.2, 0.25) is 0 Å². The van der Waals surface area contributed by atoms with Crippen LogP contribution < -0.4 is 0 Å². The highest BCUT2D eigenvalue weighted by Crippen LogP contribution is 2.22. The minimum Gasteiger partial charge on any atom is -0.388 e. The molecule has 3 rings (SSSR count). The number of nitrogens with zero attached hydrogens (tertiary/aromatic N) is 1. The molecule has 0 saturated carbocycles. The molecule has 0 aliphatic heterocycles. The van der Waals surface area contributed by atoms with Gasteiger partial charge in [0.15, 0.2) is 5.78 Å². The van der Waals surface area contributed by atoms with Gasteiger partial charge in [-0.05, 0) is 36.6 Å². The summed E-state index contributed by atoms with van der Waals surface area (Å²) in [4.78, 5) is 19.4. The van der Waals surface area contributed by atoms with Crippen molar-refractivity contribution in [3.05, 3.63) is 53.6 Å². The summed E-state index contributed by atoms with van der Waals surface area (Å²) >= 11 is 0. The van der Waals surface area contributed by atoms with Crippen LogP contribution in [0.3, 0.4) is 0 Å². The third-order valence-corrected chi connectivity index (χ3v) is 4.24. The van der Waals surface area contributed by atoms with Crippen LogP contribution >= 0.6 is 0 Å². The Kier molecular flexibility index (Phi) is 5.06. The molecule has 4 nitrogen and oxygen atoms in total. The number of rotatable bonds is 7. The molecule has 0 saturated heterocycles. The molecule has 0 aliphatic rings. The van der Waals surface area contributed by atoms with Gasteiger partial charge in [0.1, 0.15) is 12.4 Å². The van der Waals surface area contributed by atoms with Gasteiger partial charge in [-0.25, -0.2) is 4.98 Å². The number of aryl methyl sites for hydroxylation is 1. The molecule has 4 heteroatoms. The highest BCUT2D eigenvalue weighted by molar-refractivity contribution is 5.99. The highest BCUT2D eigenvalue weighted by atomic mass is 16.3. The standard InChI is InChI=1S/C20H22N2O2/c1-2-3-4-5-14-6-8-15(9-7-14)20-21-17-11-10-16(19(24)13-23)12-18(17)22-20/h6-12,23H,2-5,13H2,1H3,(H,21,22). The first-order chi connectivity index (χ1) is 11.7. The van der Waals surface area contributed by atoms with E-state index >= 15 is 0 Å². The summed E-state index contributed by atoms with van der Waals surface area (Å²) in [5, 5.41) is 8.97. The van der Waals surface area contributed by atoms with E-state index in [2.05, 4.69) is 41.2 Å². The van der Waals surface area contributed by atoms with Crippen LogP contribution in [-0.4, -0.2) is 27.5 Å². The number of carbonyl (C=O) groups is 1. The molecular formula is C20H22N2O2. The fourth-order valence-electron chi connectivity index (χ4n) is 2.82. The molecule has 0 aliphatic carbocycles. The molecule has 2 N–H and O–H groups in total. The van der Waals surface area contributed by atoms with Crippen molar-refractivity contribution in [1.29, 1.82) is 0 Å². The van der Waals surface area contributed by atoms with Crippen molar-refractivity contribution < 1.29 is 9.90 Å². The van der Waals surface area contributed by atoms with Crippen LogP contribution in [-0.2, 0) is 6.42 Å². The fraction of sp³-hybridized carbons (Fsp3) is 0.300. The maximum atomic E-state index is 11.6. The van der Waals surface area contributed by atoms with Crippen LogP contribution in [0.1, 0.15) is 42.1 Å². The molecular weight excluding hydrogens is 300 g/mol. The number of hydrogen-bond acceptors (Lipinski definition) is 3. The number of carbonyl (C=O) groups excluding carboxylic acids is 1. The lowest BCUT2D eigenvalue weighted by Gasteiger charge is -2.02. The number of aromatic amines is 1. The number of aromatic nitrogens is 2. The Bertz CT molecular complexity index is 834. The number of nitrogens with one attached hydrogen (secondary N) is 1. The van der Waals surface area contributed by atoms with E-state index in [1.807, 2.05) is 0 Å². The number of benzene rings is 2. The van der Waals surface area contributed by atoms with E-state index in [0.717, 1.165) is 28.8 Å². The molecule has 0 unspecified atom stereocenters. The Balaban J connectivity index is 1.82. The molecule has 2 aromatic carbocycles. The van der Waals surface area contributed by atoms with Crippen molar-refractivity contribution in [3.63, 3.8) is 0 Å². The molecule has 0 bridgehead atoms. The van der Waals surface area contributed by atoms with Gasteiger partial charge in [0, 0.05) is 11.1 Å². The zero-order chi connectivity index (χ0) is 16.9. The van der Waals surface area contributed by atoms with Gasteiger partial charge in [0.25, 0.3) is 0 Å². The SMILES string of the molecule is CCCCCc1ccc(-c2nc3ccc(C(=O)CO)cc3[nH]2)cc1. The molecule has 124 valence electrons. The second-order valence-corrected chi connectivity index (χ2v) is 6.05. The monoisotopic (exact) mass is 322 g/mol. The van der Waals surface area contributed by atoms with Crippen LogP contribution in [0.2, 0.25) is 0 Å². The van der Waals surface area contributed by atoms with Gasteiger partial charge in [-0.1, -0.05) is 44.0 Å². The van der Waals surface area contributed by atoms with Gasteiger partial charge in [0.05, 0.1) is 11.0 Å². The zero-order valence-corrected chi connectivity index (χ0v) is 13.9. The maximum absolute atomic E-state index is 11.6. The smallest absolute Gasteiger partial charge is 0.188 e. The average Bonchev–Trinajstić information content (AvgIpc) is 3.05. The lowest BCUT2D eigenvalue weighted by Crippen LogP contribution is -2.03. The Morgan fingerprint density at radius 3 is 2.62 bits per heavy atom. The molecule has 0 amide bonds. The Morgan fingerprint density at radius 2 is 1.92 bits per heavy atom. The van der Waals surface area contributed by atoms with Gasteiger partial charge < -0.3 is 10.1 Å². The van der Waals surface area contributed by atoms with E-state index in [1.165, 1.54) is 24.8 Å². The summed E-state index contributed by atoms with van der Waals surface area (Å²) in [6.07, 6.45) is 4.83. The second kappa shape index (κ2) is 7.41. The maximum Gasteiger partial charge on any atom is 0.188 e. The van der Waals surface area contributed by atoms with Crippen molar-refractivity contribution in [2.24, 2.45) is 0 Å². The van der Waals surface area contributed by atoms with E-state index in [9.17, 15) is 4.79 Å². The van der Waals surface area contributed by atoms with Crippen molar-refractivity contribution in [1.82, 2.24) is 9.97 Å². The number of Topliss-reactive ketones (excluding diaryl/α,β-unsaturated/α-hetero) is 1. The number of fused-ring (bicyclic) bond motifs is 1. The van der Waals surface area contributed by atoms with Crippen molar-refractivity contribution in [2.75, 3.05) is 6.61 Å². The van der Waals surface area contributed by atoms with Crippen LogP contribution in [0, 0.1) is 0 Å². The second-order valence-electron chi connectivity index (χ2n) is 6.05. The molecule has 1 aromatic heterocycles. The third kappa shape index (κ3) is 3.54. The molecule has 0 radical (unpaired) electrons. The first kappa shape index (κ1) is 16.4. The molecule has 24 heavy (non-hydrogen) atoms. The predicted octanol–water partition coefficient (Wildman–Crippen LogP) is 4.14. The normalized spacial score (nSPS) is 11.1. The molecule has 3 aromatic rings. The minimum absolute atomic E-state index is 0.288. The highest BCUT2D eigenvalue weighted by Gasteiger charge is 2.09. The first-order valence-electron chi connectivity index (χ1n) is 8.44. The van der Waals surface area contributed by atoms with E-state index in [0.29, 0.717) is 5.56 Å². The number of ketones is 1. The lowest BCUT2D eigenvalue weighted by molar-refractivity contribution is 0.0904. The van der Waals surface area contributed by atoms with Gasteiger partial charge >= 0.3 is 0 Å². The van der Waals surface area contributed by atoms with Crippen molar-refractivity contribution in [3.8, 4) is 11.4 Å². The van der Waals surface area contributed by atoms with Gasteiger partial charge in [-0.2, -0.15) is 0 Å². The summed E-state index contributed by atoms with van der Waals surface area (Å²) in [5.74, 6) is 0.503. The summed E-state index contributed by atoms with van der Waals surface area (Å²) in [7, 11) is 0. The van der Waals surface area contributed by atoms with Crippen LogP contribution in [0.5, 0.6) is 0 Å². The molecule has 0 fully saturated rings. The van der Waals surface area contributed by atoms with E-state index in [1.54, 1.807) is 18.2 Å². The number of aliphatic hydroxyl groups excluding tert-OH is 1. The Morgan fingerprint density at radius 1 is 1.12 bits per heavy atom. The number of imidazole rings is 1. The zero-order valence-electron chi connectivity index (χ0n) is 13.9. The number of H-pyrrole nitrogens is 1. The lowest BCUT2D eigenvalue weighted by atomic mass is 10.1. The van der Waals surface area contributed by atoms with Crippen molar-refractivity contribution >= 4 is 16.8 Å². The largest absolute Gasteiger partial charge is 0.388 e. The summed E-state index contributed by atoms with van der Waals surface area (Å²) in [6.45, 7) is 1.73. The third-order valence-electron chi connectivity index (χ3n) is 4.24. The molecule has 0 atom stereocenters. The summed E-state index contributed by atoms with van der Waals surface area (Å²) in [5.41, 5.74) is 4.48. The summed E-state index contributed by atoms with van der Waals surface area (Å²) < 4.78 is 0. The van der Waals surface area contributed by atoms with Gasteiger partial charge in [-0.15, -0.1) is 0 Å². The fourth-order valence-corrected chi connectivity index (χ4v) is 2.82. The first-order valence-corrected chi connectivity index (χ1v) is 8.44. The minimum atomic E-state index is -0.480. The molecule has 1 heterocycles. The number of aliphatic hydroxyl groups is 1. The summed E-state index contributed by atoms with van der Waals surface area (Å²) in [6, 6.07) is 13.7. The number of unbranched alkanes of at least 4 members (excludes halogenated alkanes) is 2. The van der Waals surface area contributed by atoms with Crippen LogP contribution in [0.25, 0.3) is 22.4 Å². The topological polar surface area (TPSA) is 66.0 Å². The predicted molar refractivity (Wildman–Crippen MR) is 96.2 cm³/mol. The Hall–Kier alpha value is -2.46.